The van der Waals surface area contributed by atoms with Crippen LogP contribution in [-0.2, 0) is 14.3 Å². The number of benzene rings is 2. The number of hydrazone groups is 1. The predicted octanol–water partition coefficient (Wildman–Crippen LogP) is 4.51. The van der Waals surface area contributed by atoms with Gasteiger partial charge in [-0.3, -0.25) is 4.90 Å². The second kappa shape index (κ2) is 8.54. The Morgan fingerprint density at radius 3 is 2.43 bits per heavy atom. The van der Waals surface area contributed by atoms with Crippen LogP contribution in [0.15, 0.2) is 82.1 Å². The molecular formula is C22H21N3O4S. The van der Waals surface area contributed by atoms with Crippen molar-refractivity contribution in [3.8, 4) is 11.5 Å². The molecule has 0 amide bonds. The fourth-order valence-electron chi connectivity index (χ4n) is 3.18. The maximum absolute atomic E-state index is 12.2. The normalized spacial score (nSPS) is 18.0. The Kier molecular flexibility index (Phi) is 5.67. The number of carbonyl (C=O) groups excluding carboxylic acids is 1. The zero-order valence-electron chi connectivity index (χ0n) is 16.8. The fourth-order valence-corrected chi connectivity index (χ4v) is 4.52. The summed E-state index contributed by atoms with van der Waals surface area (Å²) in [6, 6.07) is 17.4. The van der Waals surface area contributed by atoms with E-state index in [1.54, 1.807) is 6.34 Å². The zero-order chi connectivity index (χ0) is 21.1. The number of hydrogen-bond donors (Lipinski definition) is 0. The molecule has 30 heavy (non-hydrogen) atoms. The van der Waals surface area contributed by atoms with E-state index in [0.29, 0.717) is 5.57 Å². The lowest BCUT2D eigenvalue weighted by Crippen LogP contribution is -2.33. The van der Waals surface area contributed by atoms with Crippen molar-refractivity contribution in [2.24, 2.45) is 5.10 Å². The van der Waals surface area contributed by atoms with Crippen LogP contribution in [-0.4, -0.2) is 37.0 Å². The Bertz CT molecular complexity index is 1020. The van der Waals surface area contributed by atoms with E-state index in [-0.39, 0.29) is 5.50 Å². The molecule has 0 fully saturated rings. The van der Waals surface area contributed by atoms with Gasteiger partial charge in [0.05, 0.1) is 26.2 Å². The molecule has 1 unspecified atom stereocenters. The first kappa shape index (κ1) is 19.9. The van der Waals surface area contributed by atoms with Crippen molar-refractivity contribution in [3.05, 3.63) is 77.0 Å². The molecule has 2 aromatic carbocycles. The smallest absolute Gasteiger partial charge is 0.342 e. The molecule has 0 aliphatic carbocycles. The quantitative estimate of drug-likeness (QED) is 0.385. The number of esters is 1. The number of para-hydroxylation sites is 1. The van der Waals surface area contributed by atoms with Gasteiger partial charge >= 0.3 is 5.97 Å². The standard InChI is InChI=1S/C22H21N3O4S/c1-15-20(19(13-27-2)21(26)28-3)30-22-24(14-23-25(15)22)16-9-11-18(12-10-16)29-17-7-5-4-6-8-17/h4-14,22H,1-3H3/b19-13-. The predicted molar refractivity (Wildman–Crippen MR) is 117 cm³/mol. The third kappa shape index (κ3) is 3.73. The minimum atomic E-state index is -0.446. The van der Waals surface area contributed by atoms with Gasteiger partial charge in [-0.2, -0.15) is 5.10 Å². The summed E-state index contributed by atoms with van der Waals surface area (Å²) in [6.07, 6.45) is 3.19. The van der Waals surface area contributed by atoms with E-state index in [1.807, 2.05) is 71.4 Å². The number of ether oxygens (including phenoxy) is 3. The summed E-state index contributed by atoms with van der Waals surface area (Å²) < 4.78 is 15.9. The van der Waals surface area contributed by atoms with Gasteiger partial charge in [-0.25, -0.2) is 9.80 Å². The molecule has 2 aliphatic heterocycles. The molecule has 0 saturated heterocycles. The van der Waals surface area contributed by atoms with Crippen molar-refractivity contribution in [1.82, 2.24) is 5.01 Å². The highest BCUT2D eigenvalue weighted by molar-refractivity contribution is 8.04. The Hall–Kier alpha value is -3.39. The third-order valence-electron chi connectivity index (χ3n) is 4.64. The van der Waals surface area contributed by atoms with Crippen LogP contribution in [0.2, 0.25) is 0 Å². The van der Waals surface area contributed by atoms with Gasteiger partial charge in [0.25, 0.3) is 0 Å². The number of thioether (sulfide) groups is 1. The Morgan fingerprint density at radius 2 is 1.77 bits per heavy atom. The Labute approximate surface area is 179 Å². The Morgan fingerprint density at radius 1 is 1.07 bits per heavy atom. The number of methoxy groups -OCH3 is 2. The van der Waals surface area contributed by atoms with Crippen LogP contribution in [0.3, 0.4) is 0 Å². The molecule has 1 atom stereocenters. The number of fused-ring (bicyclic) bond motifs is 1. The van der Waals surface area contributed by atoms with E-state index in [9.17, 15) is 4.79 Å². The first-order valence-corrected chi connectivity index (χ1v) is 10.1. The van der Waals surface area contributed by atoms with E-state index >= 15 is 0 Å². The number of nitrogens with zero attached hydrogens (tertiary/aromatic N) is 3. The van der Waals surface area contributed by atoms with Gasteiger partial charge < -0.3 is 14.2 Å². The minimum Gasteiger partial charge on any atom is -0.503 e. The number of anilines is 1. The van der Waals surface area contributed by atoms with E-state index < -0.39 is 5.97 Å². The van der Waals surface area contributed by atoms with Crippen LogP contribution in [0.4, 0.5) is 5.69 Å². The molecule has 0 aromatic heterocycles. The second-order valence-corrected chi connectivity index (χ2v) is 7.57. The summed E-state index contributed by atoms with van der Waals surface area (Å²) in [5.74, 6) is 1.09. The molecule has 8 heteroatoms. The second-order valence-electron chi connectivity index (χ2n) is 6.51. The highest BCUT2D eigenvalue weighted by Crippen LogP contribution is 2.46. The molecule has 7 nitrogen and oxygen atoms in total. The van der Waals surface area contributed by atoms with Gasteiger partial charge in [0.15, 0.2) is 5.50 Å². The van der Waals surface area contributed by atoms with Crippen molar-refractivity contribution < 1.29 is 19.0 Å². The van der Waals surface area contributed by atoms with Gasteiger partial charge in [-0.15, -0.1) is 0 Å². The zero-order valence-corrected chi connectivity index (χ0v) is 17.6. The summed E-state index contributed by atoms with van der Waals surface area (Å²) in [6.45, 7) is 1.92. The Balaban J connectivity index is 1.52. The first-order chi connectivity index (χ1) is 14.6. The fraction of sp³-hybridized carbons (Fsp3) is 0.182. The molecule has 154 valence electrons. The number of carbonyl (C=O) groups is 1. The number of hydrogen-bond acceptors (Lipinski definition) is 8. The van der Waals surface area contributed by atoms with Gasteiger partial charge in [0.2, 0.25) is 0 Å². The van der Waals surface area contributed by atoms with E-state index in [1.165, 1.54) is 32.2 Å². The van der Waals surface area contributed by atoms with Gasteiger partial charge in [0.1, 0.15) is 23.4 Å². The molecule has 0 bridgehead atoms. The molecule has 2 heterocycles. The van der Waals surface area contributed by atoms with Crippen LogP contribution >= 0.6 is 11.8 Å². The number of rotatable bonds is 6. The SMILES string of the molecule is CO/C=C(\C(=O)OC)C1=C(C)N2N=CN(c3ccc(Oc4ccccc4)cc3)C2S1. The lowest BCUT2D eigenvalue weighted by atomic mass is 10.2. The summed E-state index contributed by atoms with van der Waals surface area (Å²) in [5.41, 5.74) is 2.06. The molecule has 0 saturated carbocycles. The molecule has 2 aliphatic rings. The van der Waals surface area contributed by atoms with Gasteiger partial charge in [-0.05, 0) is 43.3 Å². The summed E-state index contributed by atoms with van der Waals surface area (Å²) in [5, 5.41) is 6.38. The molecule has 0 N–H and O–H groups in total. The van der Waals surface area contributed by atoms with Crippen molar-refractivity contribution >= 4 is 29.8 Å². The molecular weight excluding hydrogens is 402 g/mol. The maximum atomic E-state index is 12.2. The minimum absolute atomic E-state index is 0.134. The topological polar surface area (TPSA) is 63.6 Å². The largest absolute Gasteiger partial charge is 0.503 e. The van der Waals surface area contributed by atoms with E-state index in [2.05, 4.69) is 5.10 Å². The highest BCUT2D eigenvalue weighted by Gasteiger charge is 2.40. The molecule has 2 aromatic rings. The van der Waals surface area contributed by atoms with Crippen molar-refractivity contribution in [3.63, 3.8) is 0 Å². The number of allylic oxidation sites excluding steroid dienone is 1. The molecule has 4 rings (SSSR count). The molecule has 0 radical (unpaired) electrons. The van der Waals surface area contributed by atoms with E-state index in [0.717, 1.165) is 27.8 Å². The molecule has 0 spiro atoms. The summed E-state index contributed by atoms with van der Waals surface area (Å²) in [4.78, 5) is 15.0. The highest BCUT2D eigenvalue weighted by atomic mass is 32.2. The summed E-state index contributed by atoms with van der Waals surface area (Å²) in [7, 11) is 2.86. The first-order valence-electron chi connectivity index (χ1n) is 9.26. The average Bonchev–Trinajstić information content (AvgIpc) is 3.33. The average molecular weight is 423 g/mol. The van der Waals surface area contributed by atoms with E-state index in [4.69, 9.17) is 14.2 Å². The monoisotopic (exact) mass is 423 g/mol. The van der Waals surface area contributed by atoms with Crippen molar-refractivity contribution in [1.29, 1.82) is 0 Å². The van der Waals surface area contributed by atoms with Gasteiger partial charge in [0, 0.05) is 10.6 Å². The van der Waals surface area contributed by atoms with Crippen LogP contribution in [0, 0.1) is 0 Å². The van der Waals surface area contributed by atoms with Crippen LogP contribution in [0.5, 0.6) is 11.5 Å². The van der Waals surface area contributed by atoms with Crippen LogP contribution in [0.25, 0.3) is 0 Å². The lowest BCUT2D eigenvalue weighted by Gasteiger charge is -2.24. The van der Waals surface area contributed by atoms with Gasteiger partial charge in [-0.1, -0.05) is 30.0 Å². The summed E-state index contributed by atoms with van der Waals surface area (Å²) >= 11 is 1.52. The van der Waals surface area contributed by atoms with Crippen LogP contribution < -0.4 is 9.64 Å². The lowest BCUT2D eigenvalue weighted by molar-refractivity contribution is -0.135. The van der Waals surface area contributed by atoms with Crippen molar-refractivity contribution in [2.75, 3.05) is 19.1 Å². The maximum Gasteiger partial charge on any atom is 0.342 e. The van der Waals surface area contributed by atoms with Crippen molar-refractivity contribution in [2.45, 2.75) is 12.4 Å². The third-order valence-corrected chi connectivity index (χ3v) is 6.03. The van der Waals surface area contributed by atoms with Crippen LogP contribution in [0.1, 0.15) is 6.92 Å².